The molecule has 186 valence electrons. The third-order valence-electron chi connectivity index (χ3n) is 6.34. The van der Waals surface area contributed by atoms with Gasteiger partial charge in [-0.1, -0.05) is 12.1 Å². The Hall–Kier alpha value is -3.79. The summed E-state index contributed by atoms with van der Waals surface area (Å²) in [6, 6.07) is 15.1. The summed E-state index contributed by atoms with van der Waals surface area (Å²) in [6.45, 7) is -0.0188. The zero-order valence-corrected chi connectivity index (χ0v) is 20.4. The van der Waals surface area contributed by atoms with Crippen molar-refractivity contribution in [3.63, 3.8) is 0 Å². The van der Waals surface area contributed by atoms with Crippen LogP contribution in [0.5, 0.6) is 11.5 Å². The van der Waals surface area contributed by atoms with Crippen LogP contribution in [0, 0.1) is 11.6 Å². The van der Waals surface area contributed by atoms with Crippen molar-refractivity contribution < 1.29 is 27.8 Å². The Bertz CT molecular complexity index is 1330. The van der Waals surface area contributed by atoms with Gasteiger partial charge in [0.1, 0.15) is 23.1 Å². The van der Waals surface area contributed by atoms with Gasteiger partial charge in [0.05, 0.1) is 26.5 Å². The van der Waals surface area contributed by atoms with Crippen molar-refractivity contribution in [2.24, 2.45) is 0 Å². The molecule has 1 atom stereocenters. The maximum absolute atomic E-state index is 14.5. The molecule has 10 heteroatoms. The van der Waals surface area contributed by atoms with E-state index in [0.29, 0.717) is 40.7 Å². The molecular weight excluding hydrogens is 488 g/mol. The quantitative estimate of drug-likeness (QED) is 0.524. The Balaban J connectivity index is 1.55. The van der Waals surface area contributed by atoms with Crippen LogP contribution >= 0.6 is 11.8 Å². The molecule has 1 spiro atoms. The van der Waals surface area contributed by atoms with E-state index in [9.17, 15) is 18.4 Å². The molecule has 36 heavy (non-hydrogen) atoms. The predicted octanol–water partition coefficient (Wildman–Crippen LogP) is 4.96. The fourth-order valence-corrected chi connectivity index (χ4v) is 6.06. The molecule has 1 unspecified atom stereocenters. The first-order chi connectivity index (χ1) is 17.4. The summed E-state index contributed by atoms with van der Waals surface area (Å²) in [5, 5.41) is 2.84. The predicted molar refractivity (Wildman–Crippen MR) is 133 cm³/mol. The number of urea groups is 1. The van der Waals surface area contributed by atoms with Crippen molar-refractivity contribution in [3.8, 4) is 11.5 Å². The summed E-state index contributed by atoms with van der Waals surface area (Å²) in [6.07, 6.45) is 0. The van der Waals surface area contributed by atoms with E-state index in [1.54, 1.807) is 42.5 Å². The van der Waals surface area contributed by atoms with Gasteiger partial charge >= 0.3 is 6.03 Å². The topological polar surface area (TPSA) is 71.1 Å². The molecule has 5 rings (SSSR count). The minimum atomic E-state index is -1.41. The van der Waals surface area contributed by atoms with Crippen molar-refractivity contribution in [1.29, 1.82) is 0 Å². The number of ether oxygens (including phenoxy) is 2. The zero-order valence-electron chi connectivity index (χ0n) is 19.6. The van der Waals surface area contributed by atoms with Crippen LogP contribution in [0.15, 0.2) is 60.7 Å². The molecule has 1 N–H and O–H groups in total. The maximum atomic E-state index is 14.5. The summed E-state index contributed by atoms with van der Waals surface area (Å²) < 4.78 is 39.7. The van der Waals surface area contributed by atoms with E-state index < -0.39 is 28.4 Å². The molecule has 1 saturated heterocycles. The lowest BCUT2D eigenvalue weighted by Gasteiger charge is -2.33. The van der Waals surface area contributed by atoms with Gasteiger partial charge in [0, 0.05) is 35.2 Å². The van der Waals surface area contributed by atoms with Gasteiger partial charge in [-0.3, -0.25) is 9.69 Å². The molecule has 0 bridgehead atoms. The second kappa shape index (κ2) is 9.34. The average molecular weight is 512 g/mol. The molecule has 0 saturated carbocycles. The number of benzene rings is 3. The normalized spacial score (nSPS) is 18.5. The number of methoxy groups -OCH3 is 2. The standard InChI is InChI=1S/C26H23F2N3O4S/c1-34-17-6-3-5-16(13-17)29-25(33)31-11-12-36-26(31)20-14-18(35-2)9-10-23(20)30(24(26)32)15-19-21(27)7-4-8-22(19)28/h3-10,13-14H,11-12,15H2,1-2H3,(H,29,33). The minimum Gasteiger partial charge on any atom is -0.497 e. The lowest BCUT2D eigenvalue weighted by atomic mass is 10.1. The van der Waals surface area contributed by atoms with E-state index in [0.717, 1.165) is 12.1 Å². The van der Waals surface area contributed by atoms with Gasteiger partial charge in [0.15, 0.2) is 4.87 Å². The first-order valence-electron chi connectivity index (χ1n) is 11.2. The molecule has 1 fully saturated rings. The molecule has 0 aromatic heterocycles. The Morgan fingerprint density at radius 1 is 1.03 bits per heavy atom. The van der Waals surface area contributed by atoms with Gasteiger partial charge in [-0.25, -0.2) is 13.6 Å². The van der Waals surface area contributed by atoms with Crippen LogP contribution in [0.2, 0.25) is 0 Å². The molecule has 0 radical (unpaired) electrons. The minimum absolute atomic E-state index is 0.222. The Labute approximate surface area is 211 Å². The van der Waals surface area contributed by atoms with Crippen LogP contribution in [-0.2, 0) is 16.2 Å². The number of carbonyl (C=O) groups excluding carboxylic acids is 2. The Kier molecular flexibility index (Phi) is 6.21. The smallest absolute Gasteiger partial charge is 0.323 e. The summed E-state index contributed by atoms with van der Waals surface area (Å²) in [7, 11) is 3.04. The van der Waals surface area contributed by atoms with E-state index in [-0.39, 0.29) is 12.1 Å². The third kappa shape index (κ3) is 3.81. The molecule has 2 aliphatic heterocycles. The van der Waals surface area contributed by atoms with Crippen molar-refractivity contribution in [2.75, 3.05) is 36.7 Å². The zero-order chi connectivity index (χ0) is 25.4. The van der Waals surface area contributed by atoms with Gasteiger partial charge in [0.25, 0.3) is 5.91 Å². The lowest BCUT2D eigenvalue weighted by molar-refractivity contribution is -0.123. The summed E-state index contributed by atoms with van der Waals surface area (Å²) >= 11 is 1.31. The summed E-state index contributed by atoms with van der Waals surface area (Å²) in [5.74, 6) is -0.368. The number of carbonyl (C=O) groups is 2. The van der Waals surface area contributed by atoms with E-state index in [1.807, 2.05) is 0 Å². The number of nitrogens with zero attached hydrogens (tertiary/aromatic N) is 2. The highest BCUT2D eigenvalue weighted by atomic mass is 32.2. The molecular formula is C26H23F2N3O4S. The molecule has 3 amide bonds. The molecule has 2 heterocycles. The highest BCUT2D eigenvalue weighted by molar-refractivity contribution is 8.01. The first kappa shape index (κ1) is 23.9. The van der Waals surface area contributed by atoms with Crippen LogP contribution in [0.25, 0.3) is 0 Å². The van der Waals surface area contributed by atoms with Gasteiger partial charge in [-0.15, -0.1) is 11.8 Å². The monoisotopic (exact) mass is 511 g/mol. The number of thioether (sulfide) groups is 1. The van der Waals surface area contributed by atoms with Gasteiger partial charge < -0.3 is 19.7 Å². The van der Waals surface area contributed by atoms with Crippen LogP contribution < -0.4 is 19.7 Å². The van der Waals surface area contributed by atoms with Gasteiger partial charge in [-0.05, 0) is 42.5 Å². The van der Waals surface area contributed by atoms with E-state index in [1.165, 1.54) is 41.8 Å². The fourth-order valence-electron chi connectivity index (χ4n) is 4.61. The van der Waals surface area contributed by atoms with E-state index in [2.05, 4.69) is 5.32 Å². The van der Waals surface area contributed by atoms with Crippen molar-refractivity contribution >= 4 is 35.1 Å². The second-order valence-corrected chi connectivity index (χ2v) is 9.57. The average Bonchev–Trinajstić information content (AvgIpc) is 3.43. The number of fused-ring (bicyclic) bond motifs is 2. The van der Waals surface area contributed by atoms with Crippen LogP contribution in [0.4, 0.5) is 25.0 Å². The van der Waals surface area contributed by atoms with Crippen molar-refractivity contribution in [1.82, 2.24) is 4.90 Å². The number of amides is 3. The summed E-state index contributed by atoms with van der Waals surface area (Å²) in [5.41, 5.74) is 1.29. The summed E-state index contributed by atoms with van der Waals surface area (Å²) in [4.78, 5) is 28.9. The number of anilines is 2. The number of halogens is 2. The number of nitrogens with one attached hydrogen (secondary N) is 1. The maximum Gasteiger partial charge on any atom is 0.323 e. The van der Waals surface area contributed by atoms with Crippen LogP contribution in [-0.4, -0.2) is 43.4 Å². The third-order valence-corrected chi connectivity index (χ3v) is 7.76. The largest absolute Gasteiger partial charge is 0.497 e. The number of rotatable bonds is 5. The van der Waals surface area contributed by atoms with Crippen molar-refractivity contribution in [3.05, 3.63) is 83.4 Å². The Morgan fingerprint density at radius 2 is 1.72 bits per heavy atom. The Morgan fingerprint density at radius 3 is 2.44 bits per heavy atom. The molecule has 3 aromatic rings. The van der Waals surface area contributed by atoms with E-state index in [4.69, 9.17) is 9.47 Å². The highest BCUT2D eigenvalue weighted by Crippen LogP contribution is 2.55. The van der Waals surface area contributed by atoms with E-state index >= 15 is 0 Å². The van der Waals surface area contributed by atoms with Gasteiger partial charge in [-0.2, -0.15) is 0 Å². The SMILES string of the molecule is COc1cccc(NC(=O)N2CCSC23C(=O)N(Cc2c(F)cccc2F)c2ccc(OC)cc23)c1. The molecule has 3 aromatic carbocycles. The number of hydrogen-bond donors (Lipinski definition) is 1. The van der Waals surface area contributed by atoms with Crippen LogP contribution in [0.3, 0.4) is 0 Å². The lowest BCUT2D eigenvalue weighted by Crippen LogP contribution is -2.51. The molecule has 2 aliphatic rings. The van der Waals surface area contributed by atoms with Crippen LogP contribution in [0.1, 0.15) is 11.1 Å². The molecule has 0 aliphatic carbocycles. The fraction of sp³-hybridized carbons (Fsp3) is 0.231. The first-order valence-corrected chi connectivity index (χ1v) is 12.2. The van der Waals surface area contributed by atoms with Gasteiger partial charge in [0.2, 0.25) is 0 Å². The highest BCUT2D eigenvalue weighted by Gasteiger charge is 2.59. The van der Waals surface area contributed by atoms with Crippen molar-refractivity contribution in [2.45, 2.75) is 11.4 Å². The second-order valence-electron chi connectivity index (χ2n) is 8.28. The number of hydrogen-bond acceptors (Lipinski definition) is 5. The molecule has 7 nitrogen and oxygen atoms in total.